The molecule has 1 saturated heterocycles. The summed E-state index contributed by atoms with van der Waals surface area (Å²) in [6.45, 7) is 6.47. The van der Waals surface area contributed by atoms with Gasteiger partial charge < -0.3 is 4.90 Å². The van der Waals surface area contributed by atoms with Gasteiger partial charge in [-0.15, -0.1) is 0 Å². The molecule has 2 aromatic rings. The zero-order valence-electron chi connectivity index (χ0n) is 14.6. The summed E-state index contributed by atoms with van der Waals surface area (Å²) in [7, 11) is -3.39. The monoisotopic (exact) mass is 362 g/mol. The highest BCUT2D eigenvalue weighted by Crippen LogP contribution is 2.24. The molecular formula is C19H23FN2O2S. The molecule has 0 amide bonds. The van der Waals surface area contributed by atoms with Crippen molar-refractivity contribution in [3.63, 3.8) is 0 Å². The number of nitrogens with zero attached hydrogens (tertiary/aromatic N) is 2. The van der Waals surface area contributed by atoms with Crippen LogP contribution >= 0.6 is 0 Å². The molecule has 134 valence electrons. The van der Waals surface area contributed by atoms with Gasteiger partial charge in [0.25, 0.3) is 0 Å². The van der Waals surface area contributed by atoms with Gasteiger partial charge in [0, 0.05) is 31.9 Å². The van der Waals surface area contributed by atoms with Crippen molar-refractivity contribution in [2.75, 3.05) is 31.1 Å². The Kier molecular flexibility index (Phi) is 5.11. The molecule has 3 rings (SSSR count). The van der Waals surface area contributed by atoms with Crippen molar-refractivity contribution in [2.45, 2.75) is 19.6 Å². The van der Waals surface area contributed by atoms with Crippen molar-refractivity contribution in [3.05, 3.63) is 65.0 Å². The van der Waals surface area contributed by atoms with Gasteiger partial charge in [0.15, 0.2) is 0 Å². The van der Waals surface area contributed by atoms with E-state index in [1.54, 1.807) is 0 Å². The standard InChI is InChI=1S/C19H23FN2O2S/c1-15-4-3-5-19(16(15)2)21-10-12-22(13-11-21)25(23,24)14-17-6-8-18(20)9-7-17/h3-9H,10-14H2,1-2H3. The van der Waals surface area contributed by atoms with E-state index in [4.69, 9.17) is 0 Å². The lowest BCUT2D eigenvalue weighted by molar-refractivity contribution is 0.384. The lowest BCUT2D eigenvalue weighted by atomic mass is 10.1. The van der Waals surface area contributed by atoms with E-state index in [2.05, 4.69) is 30.9 Å². The van der Waals surface area contributed by atoms with Crippen LogP contribution in [0.4, 0.5) is 10.1 Å². The third-order valence-corrected chi connectivity index (χ3v) is 6.66. The van der Waals surface area contributed by atoms with Crippen molar-refractivity contribution in [1.82, 2.24) is 4.31 Å². The molecule has 0 N–H and O–H groups in total. The Labute approximate surface area is 148 Å². The summed E-state index contributed by atoms with van der Waals surface area (Å²) in [6, 6.07) is 11.9. The summed E-state index contributed by atoms with van der Waals surface area (Å²) in [6.07, 6.45) is 0. The van der Waals surface area contributed by atoms with Gasteiger partial charge in [-0.05, 0) is 48.7 Å². The van der Waals surface area contributed by atoms with Crippen LogP contribution in [0.15, 0.2) is 42.5 Å². The molecule has 0 saturated carbocycles. The lowest BCUT2D eigenvalue weighted by Gasteiger charge is -2.36. The van der Waals surface area contributed by atoms with Gasteiger partial charge in [-0.1, -0.05) is 24.3 Å². The Balaban J connectivity index is 1.67. The van der Waals surface area contributed by atoms with Gasteiger partial charge in [-0.2, -0.15) is 4.31 Å². The summed E-state index contributed by atoms with van der Waals surface area (Å²) >= 11 is 0. The van der Waals surface area contributed by atoms with Crippen LogP contribution in [-0.4, -0.2) is 38.9 Å². The summed E-state index contributed by atoms with van der Waals surface area (Å²) < 4.78 is 39.7. The predicted molar refractivity (Wildman–Crippen MR) is 98.7 cm³/mol. The summed E-state index contributed by atoms with van der Waals surface area (Å²) in [5.41, 5.74) is 4.27. The van der Waals surface area contributed by atoms with Crippen LogP contribution in [-0.2, 0) is 15.8 Å². The van der Waals surface area contributed by atoms with Gasteiger partial charge in [-0.3, -0.25) is 0 Å². The van der Waals surface area contributed by atoms with Crippen molar-refractivity contribution in [3.8, 4) is 0 Å². The molecule has 4 nitrogen and oxygen atoms in total. The molecule has 1 aliphatic rings. The number of benzene rings is 2. The number of hydrogen-bond donors (Lipinski definition) is 0. The molecule has 1 aliphatic heterocycles. The molecule has 0 aromatic heterocycles. The van der Waals surface area contributed by atoms with Crippen LogP contribution in [0.25, 0.3) is 0 Å². The Bertz CT molecular complexity index is 842. The third kappa shape index (κ3) is 4.02. The van der Waals surface area contributed by atoms with Crippen molar-refractivity contribution < 1.29 is 12.8 Å². The van der Waals surface area contributed by atoms with E-state index in [1.807, 2.05) is 6.07 Å². The summed E-state index contributed by atoms with van der Waals surface area (Å²) in [4.78, 5) is 2.24. The first kappa shape index (κ1) is 17.9. The van der Waals surface area contributed by atoms with E-state index in [1.165, 1.54) is 45.4 Å². The molecule has 2 aromatic carbocycles. The second kappa shape index (κ2) is 7.14. The molecule has 25 heavy (non-hydrogen) atoms. The molecule has 0 atom stereocenters. The smallest absolute Gasteiger partial charge is 0.218 e. The molecule has 0 spiro atoms. The molecule has 0 radical (unpaired) electrons. The van der Waals surface area contributed by atoms with Gasteiger partial charge in [0.1, 0.15) is 5.82 Å². The van der Waals surface area contributed by atoms with Gasteiger partial charge in [-0.25, -0.2) is 12.8 Å². The van der Waals surface area contributed by atoms with E-state index in [-0.39, 0.29) is 11.6 Å². The summed E-state index contributed by atoms with van der Waals surface area (Å²) in [5, 5.41) is 0. The first-order valence-electron chi connectivity index (χ1n) is 8.40. The van der Waals surface area contributed by atoms with Crippen LogP contribution in [0.5, 0.6) is 0 Å². The van der Waals surface area contributed by atoms with E-state index in [0.29, 0.717) is 31.7 Å². The van der Waals surface area contributed by atoms with Crippen LogP contribution in [0.1, 0.15) is 16.7 Å². The van der Waals surface area contributed by atoms with Crippen molar-refractivity contribution in [1.29, 1.82) is 0 Å². The first-order valence-corrected chi connectivity index (χ1v) is 10.0. The Morgan fingerprint density at radius 2 is 1.60 bits per heavy atom. The van der Waals surface area contributed by atoms with E-state index < -0.39 is 10.0 Å². The number of hydrogen-bond acceptors (Lipinski definition) is 3. The third-order valence-electron chi connectivity index (χ3n) is 4.81. The number of piperazine rings is 1. The minimum atomic E-state index is -3.39. The van der Waals surface area contributed by atoms with Crippen LogP contribution in [0, 0.1) is 19.7 Å². The molecule has 0 unspecified atom stereocenters. The van der Waals surface area contributed by atoms with Crippen LogP contribution in [0.2, 0.25) is 0 Å². The molecular weight excluding hydrogens is 339 g/mol. The topological polar surface area (TPSA) is 40.6 Å². The van der Waals surface area contributed by atoms with E-state index in [9.17, 15) is 12.8 Å². The Hall–Kier alpha value is -1.92. The fourth-order valence-corrected chi connectivity index (χ4v) is 4.68. The fraction of sp³-hybridized carbons (Fsp3) is 0.368. The van der Waals surface area contributed by atoms with E-state index >= 15 is 0 Å². The quantitative estimate of drug-likeness (QED) is 0.839. The zero-order chi connectivity index (χ0) is 18.0. The molecule has 6 heteroatoms. The van der Waals surface area contributed by atoms with Crippen molar-refractivity contribution in [2.24, 2.45) is 0 Å². The maximum absolute atomic E-state index is 13.0. The number of rotatable bonds is 4. The van der Waals surface area contributed by atoms with E-state index in [0.717, 1.165) is 0 Å². The first-order chi connectivity index (χ1) is 11.9. The second-order valence-electron chi connectivity index (χ2n) is 6.49. The highest BCUT2D eigenvalue weighted by atomic mass is 32.2. The summed E-state index contributed by atoms with van der Waals surface area (Å²) in [5.74, 6) is -0.445. The Morgan fingerprint density at radius 3 is 2.24 bits per heavy atom. The molecule has 1 heterocycles. The fourth-order valence-electron chi connectivity index (χ4n) is 3.17. The Morgan fingerprint density at radius 1 is 0.960 bits per heavy atom. The second-order valence-corrected chi connectivity index (χ2v) is 8.46. The number of anilines is 1. The minimum Gasteiger partial charge on any atom is -0.369 e. The predicted octanol–water partition coefficient (Wildman–Crippen LogP) is 3.09. The number of halogens is 1. The largest absolute Gasteiger partial charge is 0.369 e. The molecule has 1 fully saturated rings. The van der Waals surface area contributed by atoms with Gasteiger partial charge in [0.05, 0.1) is 5.75 Å². The number of sulfonamides is 1. The van der Waals surface area contributed by atoms with Crippen LogP contribution < -0.4 is 4.90 Å². The number of aryl methyl sites for hydroxylation is 1. The normalized spacial score (nSPS) is 16.2. The highest BCUT2D eigenvalue weighted by molar-refractivity contribution is 7.88. The lowest BCUT2D eigenvalue weighted by Crippen LogP contribution is -2.49. The average Bonchev–Trinajstić information content (AvgIpc) is 2.59. The average molecular weight is 362 g/mol. The highest BCUT2D eigenvalue weighted by Gasteiger charge is 2.27. The van der Waals surface area contributed by atoms with Gasteiger partial charge >= 0.3 is 0 Å². The SMILES string of the molecule is Cc1cccc(N2CCN(S(=O)(=O)Cc3ccc(F)cc3)CC2)c1C. The zero-order valence-corrected chi connectivity index (χ0v) is 15.4. The maximum atomic E-state index is 13.0. The maximum Gasteiger partial charge on any atom is 0.218 e. The molecule has 0 bridgehead atoms. The van der Waals surface area contributed by atoms with Crippen molar-refractivity contribution >= 4 is 15.7 Å². The molecule has 0 aliphatic carbocycles. The minimum absolute atomic E-state index is 0.0866. The van der Waals surface area contributed by atoms with Crippen LogP contribution in [0.3, 0.4) is 0 Å². The van der Waals surface area contributed by atoms with Gasteiger partial charge in [0.2, 0.25) is 10.0 Å².